The summed E-state index contributed by atoms with van der Waals surface area (Å²) in [7, 11) is 0. The third kappa shape index (κ3) is 4.73. The SMILES string of the molecule is C=CCC(CNC(=O)Nc1c(C(C)C)cccc1C(C)C)n1ccc2cccnc21. The average molecular weight is 405 g/mol. The van der Waals surface area contributed by atoms with E-state index in [0.29, 0.717) is 18.4 Å². The van der Waals surface area contributed by atoms with Gasteiger partial charge >= 0.3 is 6.03 Å². The molecule has 0 radical (unpaired) electrons. The van der Waals surface area contributed by atoms with Crippen molar-refractivity contribution in [2.24, 2.45) is 0 Å². The van der Waals surface area contributed by atoms with Crippen molar-refractivity contribution in [2.75, 3.05) is 11.9 Å². The van der Waals surface area contributed by atoms with Gasteiger partial charge < -0.3 is 15.2 Å². The first-order valence-electron chi connectivity index (χ1n) is 10.6. The Morgan fingerprint density at radius 2 is 1.80 bits per heavy atom. The highest BCUT2D eigenvalue weighted by Crippen LogP contribution is 2.32. The maximum Gasteiger partial charge on any atom is 0.319 e. The number of allylic oxidation sites excluding steroid dienone is 1. The lowest BCUT2D eigenvalue weighted by atomic mass is 9.93. The number of carbonyl (C=O) groups is 1. The summed E-state index contributed by atoms with van der Waals surface area (Å²) in [6, 6.07) is 12.1. The lowest BCUT2D eigenvalue weighted by Gasteiger charge is -2.22. The van der Waals surface area contributed by atoms with Crippen molar-refractivity contribution in [1.82, 2.24) is 14.9 Å². The van der Waals surface area contributed by atoms with E-state index in [4.69, 9.17) is 0 Å². The summed E-state index contributed by atoms with van der Waals surface area (Å²) < 4.78 is 2.11. The number of amides is 2. The van der Waals surface area contributed by atoms with E-state index >= 15 is 0 Å². The van der Waals surface area contributed by atoms with Crippen LogP contribution in [0.15, 0.2) is 61.4 Å². The molecular weight excluding hydrogens is 372 g/mol. The predicted octanol–water partition coefficient (Wildman–Crippen LogP) is 6.22. The Bertz CT molecular complexity index is 993. The molecule has 2 aromatic heterocycles. The van der Waals surface area contributed by atoms with Crippen LogP contribution >= 0.6 is 0 Å². The number of rotatable bonds is 8. The second-order valence-electron chi connectivity index (χ2n) is 8.27. The summed E-state index contributed by atoms with van der Waals surface area (Å²) in [6.07, 6.45) is 6.43. The van der Waals surface area contributed by atoms with E-state index in [1.807, 2.05) is 30.5 Å². The van der Waals surface area contributed by atoms with Gasteiger partial charge in [-0.25, -0.2) is 9.78 Å². The minimum absolute atomic E-state index is 0.0468. The molecule has 0 saturated carbocycles. The lowest BCUT2D eigenvalue weighted by molar-refractivity contribution is 0.250. The second-order valence-corrected chi connectivity index (χ2v) is 8.27. The molecule has 2 heterocycles. The van der Waals surface area contributed by atoms with Crippen molar-refractivity contribution in [2.45, 2.75) is 52.0 Å². The zero-order valence-electron chi connectivity index (χ0n) is 18.4. The van der Waals surface area contributed by atoms with Crippen molar-refractivity contribution in [3.63, 3.8) is 0 Å². The van der Waals surface area contributed by atoms with E-state index in [-0.39, 0.29) is 12.1 Å². The second kappa shape index (κ2) is 9.61. The van der Waals surface area contributed by atoms with E-state index in [0.717, 1.165) is 34.3 Å². The van der Waals surface area contributed by atoms with Gasteiger partial charge in [-0.3, -0.25) is 0 Å². The van der Waals surface area contributed by atoms with Crippen molar-refractivity contribution < 1.29 is 4.79 Å². The third-order valence-corrected chi connectivity index (χ3v) is 5.42. The number of anilines is 1. The van der Waals surface area contributed by atoms with E-state index in [9.17, 15) is 4.79 Å². The first-order valence-corrected chi connectivity index (χ1v) is 10.6. The highest BCUT2D eigenvalue weighted by Gasteiger charge is 2.18. The summed E-state index contributed by atoms with van der Waals surface area (Å²) in [5, 5.41) is 7.26. The van der Waals surface area contributed by atoms with Crippen LogP contribution in [0.1, 0.15) is 63.1 Å². The fraction of sp³-hybridized carbons (Fsp3) is 0.360. The molecule has 1 aromatic carbocycles. The molecule has 5 heteroatoms. The number of hydrogen-bond acceptors (Lipinski definition) is 2. The Labute approximate surface area is 179 Å². The molecule has 5 nitrogen and oxygen atoms in total. The Morgan fingerprint density at radius 3 is 2.43 bits per heavy atom. The quantitative estimate of drug-likeness (QED) is 0.438. The number of urea groups is 1. The van der Waals surface area contributed by atoms with Gasteiger partial charge in [0.1, 0.15) is 5.65 Å². The lowest BCUT2D eigenvalue weighted by Crippen LogP contribution is -2.34. The van der Waals surface area contributed by atoms with Gasteiger partial charge in [0, 0.05) is 30.0 Å². The van der Waals surface area contributed by atoms with Crippen molar-refractivity contribution in [1.29, 1.82) is 0 Å². The molecule has 0 aliphatic carbocycles. The maximum absolute atomic E-state index is 12.8. The Hall–Kier alpha value is -3.08. The van der Waals surface area contributed by atoms with Crippen LogP contribution < -0.4 is 10.6 Å². The number of nitrogens with zero attached hydrogens (tertiary/aromatic N) is 2. The fourth-order valence-corrected chi connectivity index (χ4v) is 3.83. The largest absolute Gasteiger partial charge is 0.336 e. The van der Waals surface area contributed by atoms with Crippen LogP contribution in [0.3, 0.4) is 0 Å². The molecule has 0 saturated heterocycles. The van der Waals surface area contributed by atoms with Crippen LogP contribution in [0.5, 0.6) is 0 Å². The summed E-state index contributed by atoms with van der Waals surface area (Å²) in [5.41, 5.74) is 4.14. The van der Waals surface area contributed by atoms with Gasteiger partial charge in [0.2, 0.25) is 0 Å². The predicted molar refractivity (Wildman–Crippen MR) is 125 cm³/mol. The molecule has 1 unspecified atom stereocenters. The van der Waals surface area contributed by atoms with E-state index in [2.05, 4.69) is 72.7 Å². The topological polar surface area (TPSA) is 59.0 Å². The van der Waals surface area contributed by atoms with Gasteiger partial charge in [-0.15, -0.1) is 6.58 Å². The van der Waals surface area contributed by atoms with E-state index < -0.39 is 0 Å². The Kier molecular flexibility index (Phi) is 6.93. The van der Waals surface area contributed by atoms with Gasteiger partial charge in [-0.05, 0) is 47.6 Å². The maximum atomic E-state index is 12.8. The first-order chi connectivity index (χ1) is 14.4. The molecule has 0 bridgehead atoms. The number of benzene rings is 1. The van der Waals surface area contributed by atoms with Gasteiger partial charge in [-0.2, -0.15) is 0 Å². The first kappa shape index (κ1) is 21.6. The minimum Gasteiger partial charge on any atom is -0.336 e. The van der Waals surface area contributed by atoms with Gasteiger partial charge in [-0.1, -0.05) is 52.0 Å². The summed E-state index contributed by atoms with van der Waals surface area (Å²) in [4.78, 5) is 17.3. The smallest absolute Gasteiger partial charge is 0.319 e. The molecule has 0 aliphatic heterocycles. The van der Waals surface area contributed by atoms with Gasteiger partial charge in [0.25, 0.3) is 0 Å². The van der Waals surface area contributed by atoms with Gasteiger partial charge in [0.15, 0.2) is 0 Å². The van der Waals surface area contributed by atoms with Crippen LogP contribution in [0.25, 0.3) is 11.0 Å². The molecule has 0 fully saturated rings. The molecule has 158 valence electrons. The number of pyridine rings is 1. The third-order valence-electron chi connectivity index (χ3n) is 5.42. The minimum atomic E-state index is -0.191. The van der Waals surface area contributed by atoms with Crippen molar-refractivity contribution in [3.05, 3.63) is 72.6 Å². The number of nitrogens with one attached hydrogen (secondary N) is 2. The average Bonchev–Trinajstić information content (AvgIpc) is 3.15. The molecule has 2 N–H and O–H groups in total. The molecule has 3 aromatic rings. The van der Waals surface area contributed by atoms with Gasteiger partial charge in [0.05, 0.1) is 6.04 Å². The number of hydrogen-bond donors (Lipinski definition) is 2. The highest BCUT2D eigenvalue weighted by molar-refractivity contribution is 5.91. The number of carbonyl (C=O) groups excluding carboxylic acids is 1. The number of para-hydroxylation sites is 1. The molecule has 30 heavy (non-hydrogen) atoms. The van der Waals surface area contributed by atoms with E-state index in [1.165, 1.54) is 0 Å². The molecule has 0 spiro atoms. The summed E-state index contributed by atoms with van der Waals surface area (Å²) >= 11 is 0. The number of aromatic nitrogens is 2. The van der Waals surface area contributed by atoms with Crippen molar-refractivity contribution in [3.8, 4) is 0 Å². The standard InChI is InChI=1S/C25H32N4O/c1-6-9-20(29-15-13-19-10-8-14-26-24(19)29)16-27-25(30)28-23-21(17(2)3)11-7-12-22(23)18(4)5/h6-8,10-15,17-18,20H,1,9,16H2,2-5H3,(H2,27,28,30). The zero-order chi connectivity index (χ0) is 21.7. The Balaban J connectivity index is 1.77. The summed E-state index contributed by atoms with van der Waals surface area (Å²) in [6.45, 7) is 13.0. The van der Waals surface area contributed by atoms with Crippen LogP contribution in [0.4, 0.5) is 10.5 Å². The molecule has 3 rings (SSSR count). The normalized spacial score (nSPS) is 12.3. The summed E-state index contributed by atoms with van der Waals surface area (Å²) in [5.74, 6) is 0.648. The fourth-order valence-electron chi connectivity index (χ4n) is 3.83. The molecule has 2 amide bonds. The van der Waals surface area contributed by atoms with Crippen LogP contribution in [0, 0.1) is 0 Å². The van der Waals surface area contributed by atoms with Crippen LogP contribution in [-0.2, 0) is 0 Å². The van der Waals surface area contributed by atoms with Crippen LogP contribution in [-0.4, -0.2) is 22.1 Å². The monoisotopic (exact) mass is 404 g/mol. The van der Waals surface area contributed by atoms with E-state index in [1.54, 1.807) is 6.20 Å². The van der Waals surface area contributed by atoms with Crippen LogP contribution in [0.2, 0.25) is 0 Å². The molecular formula is C25H32N4O. The number of fused-ring (bicyclic) bond motifs is 1. The molecule has 0 aliphatic rings. The molecule has 1 atom stereocenters. The highest BCUT2D eigenvalue weighted by atomic mass is 16.2. The Morgan fingerprint density at radius 1 is 1.10 bits per heavy atom. The zero-order valence-corrected chi connectivity index (χ0v) is 18.4. The van der Waals surface area contributed by atoms with Crippen molar-refractivity contribution >= 4 is 22.8 Å².